The first-order chi connectivity index (χ1) is 10.1. The van der Waals surface area contributed by atoms with E-state index in [1.165, 1.54) is 6.07 Å². The molecule has 1 aromatic carbocycles. The summed E-state index contributed by atoms with van der Waals surface area (Å²) in [5, 5.41) is 11.9. The van der Waals surface area contributed by atoms with Crippen LogP contribution >= 0.6 is 23.1 Å². The predicted molar refractivity (Wildman–Crippen MR) is 87.0 cm³/mol. The van der Waals surface area contributed by atoms with Crippen molar-refractivity contribution in [1.29, 1.82) is 0 Å². The predicted octanol–water partition coefficient (Wildman–Crippen LogP) is 3.51. The van der Waals surface area contributed by atoms with Crippen molar-refractivity contribution < 1.29 is 9.50 Å². The molecule has 0 amide bonds. The molecule has 3 nitrogen and oxygen atoms in total. The summed E-state index contributed by atoms with van der Waals surface area (Å²) in [7, 11) is 0. The van der Waals surface area contributed by atoms with Crippen LogP contribution in [0.3, 0.4) is 0 Å². The van der Waals surface area contributed by atoms with E-state index in [0.717, 1.165) is 43.8 Å². The van der Waals surface area contributed by atoms with E-state index in [2.05, 4.69) is 9.89 Å². The van der Waals surface area contributed by atoms with Crippen LogP contribution in [-0.2, 0) is 0 Å². The number of aliphatic hydroxyl groups is 1. The van der Waals surface area contributed by atoms with Gasteiger partial charge in [0.1, 0.15) is 5.82 Å². The van der Waals surface area contributed by atoms with Gasteiger partial charge in [0, 0.05) is 16.1 Å². The maximum Gasteiger partial charge on any atom is 0.168 e. The lowest BCUT2D eigenvalue weighted by Crippen LogP contribution is -2.19. The maximum absolute atomic E-state index is 13.4. The molecule has 1 atom stereocenters. The Kier molecular flexibility index (Phi) is 3.06. The van der Waals surface area contributed by atoms with Crippen molar-refractivity contribution >= 4 is 44.0 Å². The standard InChI is InChI=1S/C15H13FN2OS2/c1-8(19)14-13(18-5-4-17-15(18)21-14)12-7-9-6-10(16)2-3-11(9)20-12/h2-3,6-8,19H,4-5H2,1H3. The van der Waals surface area contributed by atoms with Gasteiger partial charge in [-0.3, -0.25) is 4.99 Å². The summed E-state index contributed by atoms with van der Waals surface area (Å²) < 4.78 is 14.4. The van der Waals surface area contributed by atoms with Gasteiger partial charge in [-0.1, -0.05) is 11.8 Å². The van der Waals surface area contributed by atoms with E-state index in [4.69, 9.17) is 0 Å². The summed E-state index contributed by atoms with van der Waals surface area (Å²) in [6.07, 6.45) is -0.528. The molecule has 1 aromatic heterocycles. The van der Waals surface area contributed by atoms with E-state index < -0.39 is 6.10 Å². The first-order valence-electron chi connectivity index (χ1n) is 6.75. The molecule has 0 spiro atoms. The molecule has 3 heterocycles. The molecule has 2 aromatic rings. The van der Waals surface area contributed by atoms with Crippen molar-refractivity contribution in [3.8, 4) is 0 Å². The Labute approximate surface area is 129 Å². The largest absolute Gasteiger partial charge is 0.388 e. The number of aliphatic hydroxyl groups excluding tert-OH is 1. The van der Waals surface area contributed by atoms with E-state index >= 15 is 0 Å². The van der Waals surface area contributed by atoms with Crippen molar-refractivity contribution in [3.63, 3.8) is 0 Å². The second-order valence-corrected chi connectivity index (χ2v) is 7.19. The van der Waals surface area contributed by atoms with Gasteiger partial charge >= 0.3 is 0 Å². The number of thiophene rings is 1. The normalized spacial score (nSPS) is 19.4. The van der Waals surface area contributed by atoms with Crippen LogP contribution in [0.5, 0.6) is 0 Å². The minimum atomic E-state index is -0.528. The van der Waals surface area contributed by atoms with Gasteiger partial charge in [0.2, 0.25) is 0 Å². The fourth-order valence-electron chi connectivity index (χ4n) is 2.67. The Morgan fingerprint density at radius 3 is 3.05 bits per heavy atom. The second kappa shape index (κ2) is 4.83. The Morgan fingerprint density at radius 1 is 1.38 bits per heavy atom. The summed E-state index contributed by atoms with van der Waals surface area (Å²) in [5.74, 6) is -0.221. The van der Waals surface area contributed by atoms with E-state index in [1.54, 1.807) is 36.1 Å². The summed E-state index contributed by atoms with van der Waals surface area (Å²) in [5.41, 5.74) is 1.04. The van der Waals surface area contributed by atoms with Gasteiger partial charge in [0.05, 0.1) is 23.2 Å². The minimum absolute atomic E-state index is 0.221. The van der Waals surface area contributed by atoms with Crippen LogP contribution < -0.4 is 0 Å². The fourth-order valence-corrected chi connectivity index (χ4v) is 4.98. The van der Waals surface area contributed by atoms with Crippen molar-refractivity contribution in [1.82, 2.24) is 4.90 Å². The first-order valence-corrected chi connectivity index (χ1v) is 8.38. The van der Waals surface area contributed by atoms with E-state index in [-0.39, 0.29) is 5.82 Å². The number of amidine groups is 1. The maximum atomic E-state index is 13.4. The van der Waals surface area contributed by atoms with Gasteiger partial charge < -0.3 is 10.0 Å². The highest BCUT2D eigenvalue weighted by Crippen LogP contribution is 2.45. The van der Waals surface area contributed by atoms with Gasteiger partial charge in [-0.05, 0) is 36.6 Å². The molecule has 108 valence electrons. The molecule has 0 bridgehead atoms. The van der Waals surface area contributed by atoms with Crippen LogP contribution in [0.15, 0.2) is 34.2 Å². The first kappa shape index (κ1) is 13.3. The molecule has 1 unspecified atom stereocenters. The average molecular weight is 320 g/mol. The average Bonchev–Trinajstić information content (AvgIpc) is 3.09. The molecular formula is C15H13FN2OS2. The lowest BCUT2D eigenvalue weighted by molar-refractivity contribution is 0.240. The molecular weight excluding hydrogens is 307 g/mol. The van der Waals surface area contributed by atoms with Crippen molar-refractivity contribution in [2.75, 3.05) is 13.1 Å². The number of aliphatic imine (C=N–C) groups is 1. The monoisotopic (exact) mass is 320 g/mol. The number of hydrogen-bond donors (Lipinski definition) is 1. The van der Waals surface area contributed by atoms with E-state index in [0.29, 0.717) is 0 Å². The third-order valence-corrected chi connectivity index (χ3v) is 6.01. The quantitative estimate of drug-likeness (QED) is 0.920. The zero-order valence-electron chi connectivity index (χ0n) is 11.3. The van der Waals surface area contributed by atoms with E-state index in [1.807, 2.05) is 12.1 Å². The molecule has 0 radical (unpaired) electrons. The number of thioether (sulfide) groups is 1. The van der Waals surface area contributed by atoms with Crippen LogP contribution in [0.2, 0.25) is 0 Å². The Bertz CT molecular complexity index is 794. The minimum Gasteiger partial charge on any atom is -0.388 e. The summed E-state index contributed by atoms with van der Waals surface area (Å²) in [6.45, 7) is 3.41. The lowest BCUT2D eigenvalue weighted by atomic mass is 10.2. The third-order valence-electron chi connectivity index (χ3n) is 3.60. The molecule has 1 N–H and O–H groups in total. The summed E-state index contributed by atoms with van der Waals surface area (Å²) in [6, 6.07) is 6.85. The smallest absolute Gasteiger partial charge is 0.168 e. The molecule has 0 fully saturated rings. The Balaban J connectivity index is 1.88. The van der Waals surface area contributed by atoms with Crippen LogP contribution in [0.4, 0.5) is 4.39 Å². The number of fused-ring (bicyclic) bond motifs is 2. The van der Waals surface area contributed by atoms with Crippen molar-refractivity contribution in [2.24, 2.45) is 4.99 Å². The second-order valence-electron chi connectivity index (χ2n) is 5.10. The number of rotatable bonds is 2. The summed E-state index contributed by atoms with van der Waals surface area (Å²) >= 11 is 3.17. The molecule has 21 heavy (non-hydrogen) atoms. The molecule has 4 rings (SSSR count). The Hall–Kier alpha value is -1.37. The molecule has 0 saturated heterocycles. The Morgan fingerprint density at radius 2 is 2.24 bits per heavy atom. The van der Waals surface area contributed by atoms with Crippen LogP contribution in [0, 0.1) is 5.82 Å². The number of hydrogen-bond acceptors (Lipinski definition) is 5. The van der Waals surface area contributed by atoms with Gasteiger partial charge in [-0.15, -0.1) is 11.3 Å². The van der Waals surface area contributed by atoms with E-state index in [9.17, 15) is 9.50 Å². The molecule has 6 heteroatoms. The summed E-state index contributed by atoms with van der Waals surface area (Å²) in [4.78, 5) is 8.62. The SMILES string of the molecule is CC(O)C1=C(c2cc3cc(F)ccc3s2)N2CCN=C2S1. The third kappa shape index (κ3) is 2.09. The van der Waals surface area contributed by atoms with Crippen molar-refractivity contribution in [2.45, 2.75) is 13.0 Å². The fraction of sp³-hybridized carbons (Fsp3) is 0.267. The van der Waals surface area contributed by atoms with Crippen LogP contribution in [0.1, 0.15) is 11.8 Å². The lowest BCUT2D eigenvalue weighted by Gasteiger charge is -2.16. The molecule has 2 aliphatic heterocycles. The molecule has 0 aliphatic carbocycles. The van der Waals surface area contributed by atoms with Gasteiger partial charge in [0.15, 0.2) is 5.17 Å². The topological polar surface area (TPSA) is 35.8 Å². The molecule has 2 aliphatic rings. The zero-order valence-corrected chi connectivity index (χ0v) is 13.0. The highest BCUT2D eigenvalue weighted by molar-refractivity contribution is 8.17. The van der Waals surface area contributed by atoms with Gasteiger partial charge in [-0.2, -0.15) is 0 Å². The van der Waals surface area contributed by atoms with Gasteiger partial charge in [-0.25, -0.2) is 4.39 Å². The number of halogens is 1. The highest BCUT2D eigenvalue weighted by Gasteiger charge is 2.35. The van der Waals surface area contributed by atoms with Crippen molar-refractivity contribution in [3.05, 3.63) is 39.9 Å². The molecule has 0 saturated carbocycles. The van der Waals surface area contributed by atoms with Crippen LogP contribution in [0.25, 0.3) is 15.8 Å². The number of benzene rings is 1. The van der Waals surface area contributed by atoms with Crippen LogP contribution in [-0.4, -0.2) is 34.4 Å². The number of nitrogens with zero attached hydrogens (tertiary/aromatic N) is 2. The zero-order chi connectivity index (χ0) is 14.6. The highest BCUT2D eigenvalue weighted by atomic mass is 32.2. The van der Waals surface area contributed by atoms with Gasteiger partial charge in [0.25, 0.3) is 0 Å².